The molecule has 2 rings (SSSR count). The Morgan fingerprint density at radius 2 is 1.95 bits per heavy atom. The Balaban J connectivity index is 2.05. The maximum atomic E-state index is 12.0. The van der Waals surface area contributed by atoms with Crippen LogP contribution in [-0.4, -0.2) is 17.9 Å². The molecule has 2 aromatic carbocycles. The second kappa shape index (κ2) is 6.91. The average Bonchev–Trinajstić information content (AvgIpc) is 2.53. The van der Waals surface area contributed by atoms with E-state index in [9.17, 15) is 14.9 Å². The van der Waals surface area contributed by atoms with Crippen molar-refractivity contribution < 1.29 is 14.5 Å². The molecular weight excluding hydrogens is 308 g/mol. The highest BCUT2D eigenvalue weighted by Crippen LogP contribution is 2.25. The van der Waals surface area contributed by atoms with Crippen molar-refractivity contribution in [2.75, 3.05) is 7.11 Å². The van der Waals surface area contributed by atoms with E-state index in [1.54, 1.807) is 19.2 Å². The molecule has 22 heavy (non-hydrogen) atoms. The van der Waals surface area contributed by atoms with Crippen LogP contribution in [0.15, 0.2) is 42.5 Å². The van der Waals surface area contributed by atoms with Gasteiger partial charge in [0.1, 0.15) is 10.8 Å². The van der Waals surface area contributed by atoms with Gasteiger partial charge < -0.3 is 10.1 Å². The summed E-state index contributed by atoms with van der Waals surface area (Å²) >= 11 is 5.71. The van der Waals surface area contributed by atoms with E-state index >= 15 is 0 Å². The van der Waals surface area contributed by atoms with Gasteiger partial charge in [-0.15, -0.1) is 0 Å². The third-order valence-electron chi connectivity index (χ3n) is 3.02. The number of benzene rings is 2. The minimum Gasteiger partial charge on any atom is -0.497 e. The smallest absolute Gasteiger partial charge is 0.288 e. The van der Waals surface area contributed by atoms with E-state index in [0.717, 1.165) is 17.4 Å². The molecule has 114 valence electrons. The van der Waals surface area contributed by atoms with Gasteiger partial charge >= 0.3 is 0 Å². The fourth-order valence-electron chi connectivity index (χ4n) is 1.82. The summed E-state index contributed by atoms with van der Waals surface area (Å²) in [5.74, 6) is 0.319. The minimum atomic E-state index is -0.622. The first kappa shape index (κ1) is 15.8. The molecule has 0 bridgehead atoms. The summed E-state index contributed by atoms with van der Waals surface area (Å²) in [6.45, 7) is 0.305. The normalized spacial score (nSPS) is 10.1. The maximum absolute atomic E-state index is 12.0. The van der Waals surface area contributed by atoms with Gasteiger partial charge in [-0.05, 0) is 29.8 Å². The zero-order valence-corrected chi connectivity index (χ0v) is 12.5. The third-order valence-corrected chi connectivity index (χ3v) is 3.34. The topological polar surface area (TPSA) is 81.5 Å². The lowest BCUT2D eigenvalue weighted by Gasteiger charge is -2.07. The number of nitro groups is 1. The van der Waals surface area contributed by atoms with Gasteiger partial charge in [-0.1, -0.05) is 23.7 Å². The summed E-state index contributed by atoms with van der Waals surface area (Å²) in [5, 5.41) is 13.5. The summed E-state index contributed by atoms with van der Waals surface area (Å²) in [4.78, 5) is 22.2. The number of nitrogens with one attached hydrogen (secondary N) is 1. The Kier molecular flexibility index (Phi) is 4.95. The molecule has 0 aromatic heterocycles. The maximum Gasteiger partial charge on any atom is 0.288 e. The molecule has 1 amide bonds. The monoisotopic (exact) mass is 320 g/mol. The van der Waals surface area contributed by atoms with Gasteiger partial charge in [0.15, 0.2) is 0 Å². The van der Waals surface area contributed by atoms with E-state index in [2.05, 4.69) is 5.32 Å². The first-order chi connectivity index (χ1) is 10.5. The molecule has 6 nitrogen and oxygen atoms in total. The van der Waals surface area contributed by atoms with Gasteiger partial charge in [-0.3, -0.25) is 14.9 Å². The Hall–Kier alpha value is -2.60. The van der Waals surface area contributed by atoms with E-state index in [1.165, 1.54) is 12.1 Å². The number of halogens is 1. The standard InChI is InChI=1S/C15H13ClN2O4/c1-22-12-5-2-10(3-6-12)9-17-15(19)11-4-7-13(16)14(8-11)18(20)21/h2-8H,9H2,1H3,(H,17,19). The third kappa shape index (κ3) is 3.73. The van der Waals surface area contributed by atoms with E-state index in [1.807, 2.05) is 12.1 Å². The van der Waals surface area contributed by atoms with Crippen LogP contribution in [0, 0.1) is 10.1 Å². The fourth-order valence-corrected chi connectivity index (χ4v) is 2.01. The van der Waals surface area contributed by atoms with Crippen molar-refractivity contribution >= 4 is 23.2 Å². The highest BCUT2D eigenvalue weighted by atomic mass is 35.5. The number of nitrogens with zero attached hydrogens (tertiary/aromatic N) is 1. The van der Waals surface area contributed by atoms with Crippen molar-refractivity contribution in [1.82, 2.24) is 5.32 Å². The van der Waals surface area contributed by atoms with E-state index in [-0.39, 0.29) is 16.3 Å². The molecule has 0 aliphatic rings. The number of rotatable bonds is 5. The van der Waals surface area contributed by atoms with Gasteiger partial charge in [-0.25, -0.2) is 0 Å². The molecule has 0 fully saturated rings. The largest absolute Gasteiger partial charge is 0.497 e. The van der Waals surface area contributed by atoms with Crippen molar-refractivity contribution in [2.45, 2.75) is 6.54 Å². The summed E-state index contributed by atoms with van der Waals surface area (Å²) in [7, 11) is 1.57. The van der Waals surface area contributed by atoms with Crippen LogP contribution in [-0.2, 0) is 6.54 Å². The Morgan fingerprint density at radius 3 is 2.55 bits per heavy atom. The molecule has 7 heteroatoms. The summed E-state index contributed by atoms with van der Waals surface area (Å²) < 4.78 is 5.05. The van der Waals surface area contributed by atoms with Gasteiger partial charge in [-0.2, -0.15) is 0 Å². The Labute approximate surface area is 131 Å². The number of hydrogen-bond donors (Lipinski definition) is 1. The average molecular weight is 321 g/mol. The fraction of sp³-hybridized carbons (Fsp3) is 0.133. The van der Waals surface area contributed by atoms with Gasteiger partial charge in [0.2, 0.25) is 0 Å². The van der Waals surface area contributed by atoms with E-state index in [4.69, 9.17) is 16.3 Å². The lowest BCUT2D eigenvalue weighted by atomic mass is 10.1. The number of amides is 1. The molecule has 0 radical (unpaired) electrons. The van der Waals surface area contributed by atoms with Crippen LogP contribution in [0.5, 0.6) is 5.75 Å². The number of hydrogen-bond acceptors (Lipinski definition) is 4. The van der Waals surface area contributed by atoms with Crippen molar-refractivity contribution in [3.05, 3.63) is 68.7 Å². The summed E-state index contributed by atoms with van der Waals surface area (Å²) in [6.07, 6.45) is 0. The number of nitro benzene ring substituents is 1. The second-order valence-corrected chi connectivity index (χ2v) is 4.86. The summed E-state index contributed by atoms with van der Waals surface area (Å²) in [6, 6.07) is 11.2. The highest BCUT2D eigenvalue weighted by molar-refractivity contribution is 6.32. The molecule has 0 spiro atoms. The predicted molar refractivity (Wildman–Crippen MR) is 82.3 cm³/mol. The van der Waals surface area contributed by atoms with Gasteiger partial charge in [0.25, 0.3) is 11.6 Å². The van der Waals surface area contributed by atoms with Crippen LogP contribution in [0.4, 0.5) is 5.69 Å². The van der Waals surface area contributed by atoms with Crippen LogP contribution < -0.4 is 10.1 Å². The van der Waals surface area contributed by atoms with Gasteiger partial charge in [0.05, 0.1) is 12.0 Å². The van der Waals surface area contributed by atoms with Gasteiger partial charge in [0, 0.05) is 18.2 Å². The quantitative estimate of drug-likeness (QED) is 0.677. The molecule has 0 heterocycles. The first-order valence-electron chi connectivity index (χ1n) is 6.36. The lowest BCUT2D eigenvalue weighted by molar-refractivity contribution is -0.384. The second-order valence-electron chi connectivity index (χ2n) is 4.45. The molecule has 0 unspecified atom stereocenters. The minimum absolute atomic E-state index is 0.00305. The van der Waals surface area contributed by atoms with Crippen molar-refractivity contribution in [1.29, 1.82) is 0 Å². The molecule has 0 atom stereocenters. The van der Waals surface area contributed by atoms with Crippen LogP contribution in [0.3, 0.4) is 0 Å². The highest BCUT2D eigenvalue weighted by Gasteiger charge is 2.16. The summed E-state index contributed by atoms with van der Waals surface area (Å²) in [5.41, 5.74) is 0.779. The van der Waals surface area contributed by atoms with Crippen molar-refractivity contribution in [2.24, 2.45) is 0 Å². The number of methoxy groups -OCH3 is 1. The predicted octanol–water partition coefficient (Wildman–Crippen LogP) is 3.19. The van der Waals surface area contributed by atoms with Crippen molar-refractivity contribution in [3.8, 4) is 5.75 Å². The molecule has 1 N–H and O–H groups in total. The Bertz CT molecular complexity index is 701. The number of ether oxygens (including phenoxy) is 1. The van der Waals surface area contributed by atoms with Crippen LogP contribution in [0.1, 0.15) is 15.9 Å². The van der Waals surface area contributed by atoms with Crippen molar-refractivity contribution in [3.63, 3.8) is 0 Å². The zero-order valence-electron chi connectivity index (χ0n) is 11.7. The van der Waals surface area contributed by atoms with E-state index in [0.29, 0.717) is 6.54 Å². The lowest BCUT2D eigenvalue weighted by Crippen LogP contribution is -2.22. The zero-order chi connectivity index (χ0) is 16.1. The molecule has 0 saturated carbocycles. The molecule has 0 aliphatic heterocycles. The molecule has 0 saturated heterocycles. The van der Waals surface area contributed by atoms with Crippen LogP contribution in [0.25, 0.3) is 0 Å². The SMILES string of the molecule is COc1ccc(CNC(=O)c2ccc(Cl)c([N+](=O)[O-])c2)cc1. The van der Waals surface area contributed by atoms with Crippen LogP contribution >= 0.6 is 11.6 Å². The first-order valence-corrected chi connectivity index (χ1v) is 6.74. The van der Waals surface area contributed by atoms with Crippen LogP contribution in [0.2, 0.25) is 5.02 Å². The Morgan fingerprint density at radius 1 is 1.27 bits per heavy atom. The molecule has 2 aromatic rings. The molecule has 0 aliphatic carbocycles. The number of carbonyl (C=O) groups excluding carboxylic acids is 1. The molecular formula is C15H13ClN2O4. The number of carbonyl (C=O) groups is 1. The van der Waals surface area contributed by atoms with E-state index < -0.39 is 10.8 Å².